The van der Waals surface area contributed by atoms with Gasteiger partial charge in [0, 0.05) is 13.0 Å². The van der Waals surface area contributed by atoms with Crippen molar-refractivity contribution in [2.75, 3.05) is 13.1 Å². The molecule has 20 heavy (non-hydrogen) atoms. The summed E-state index contributed by atoms with van der Waals surface area (Å²) >= 11 is 0. The van der Waals surface area contributed by atoms with E-state index in [1.807, 2.05) is 0 Å². The van der Waals surface area contributed by atoms with E-state index in [1.165, 1.54) is 23.1 Å². The number of hydrogen-bond acceptors (Lipinski definition) is 4. The lowest BCUT2D eigenvalue weighted by Crippen LogP contribution is -2.28. The van der Waals surface area contributed by atoms with Crippen LogP contribution in [-0.2, 0) is 6.42 Å². The largest absolute Gasteiger partial charge is 0.339 e. The maximum atomic E-state index is 5.43. The Bertz CT molecular complexity index is 585. The zero-order valence-electron chi connectivity index (χ0n) is 12.1. The second-order valence-corrected chi connectivity index (χ2v) is 5.69. The number of nitrogens with one attached hydrogen (secondary N) is 1. The molecule has 0 aliphatic carbocycles. The van der Waals surface area contributed by atoms with Gasteiger partial charge in [-0.05, 0) is 49.9 Å². The van der Waals surface area contributed by atoms with E-state index in [0.717, 1.165) is 37.6 Å². The summed E-state index contributed by atoms with van der Waals surface area (Å²) in [7, 11) is 0. The summed E-state index contributed by atoms with van der Waals surface area (Å²) in [4.78, 5) is 4.56. The van der Waals surface area contributed by atoms with Crippen LogP contribution in [0.15, 0.2) is 22.7 Å². The van der Waals surface area contributed by atoms with Gasteiger partial charge < -0.3 is 9.84 Å². The molecule has 2 heterocycles. The summed E-state index contributed by atoms with van der Waals surface area (Å²) < 4.78 is 5.43. The maximum Gasteiger partial charge on any atom is 0.231 e. The molecule has 1 aliphatic rings. The Balaban J connectivity index is 1.71. The fourth-order valence-corrected chi connectivity index (χ4v) is 2.66. The minimum Gasteiger partial charge on any atom is -0.339 e. The lowest BCUT2D eigenvalue weighted by atomic mass is 10.00. The molecular weight excluding hydrogens is 250 g/mol. The number of nitrogens with zero attached hydrogens (tertiary/aromatic N) is 2. The lowest BCUT2D eigenvalue weighted by molar-refractivity contribution is 0.320. The van der Waals surface area contributed by atoms with E-state index in [1.54, 1.807) is 0 Å². The van der Waals surface area contributed by atoms with Crippen molar-refractivity contribution < 1.29 is 4.52 Å². The van der Waals surface area contributed by atoms with Crippen LogP contribution in [0.4, 0.5) is 0 Å². The van der Waals surface area contributed by atoms with Gasteiger partial charge in [0.05, 0.1) is 5.92 Å². The number of piperidine rings is 1. The SMILES string of the molecule is Cc1ccc(Cc2noc([C@@H]3CCCNC3)n2)cc1C. The third kappa shape index (κ3) is 2.90. The molecule has 0 unspecified atom stereocenters. The molecule has 106 valence electrons. The molecule has 1 fully saturated rings. The second kappa shape index (κ2) is 5.75. The first-order chi connectivity index (χ1) is 9.72. The van der Waals surface area contributed by atoms with E-state index < -0.39 is 0 Å². The van der Waals surface area contributed by atoms with Crippen LogP contribution < -0.4 is 5.32 Å². The molecule has 2 aromatic rings. The van der Waals surface area contributed by atoms with Gasteiger partial charge in [0.15, 0.2) is 5.82 Å². The summed E-state index contributed by atoms with van der Waals surface area (Å²) in [6.07, 6.45) is 3.06. The highest BCUT2D eigenvalue weighted by atomic mass is 16.5. The average Bonchev–Trinajstić information content (AvgIpc) is 2.92. The minimum absolute atomic E-state index is 0.379. The van der Waals surface area contributed by atoms with Crippen molar-refractivity contribution in [3.8, 4) is 0 Å². The van der Waals surface area contributed by atoms with Gasteiger partial charge in [-0.15, -0.1) is 0 Å². The summed E-state index contributed by atoms with van der Waals surface area (Å²) in [6.45, 7) is 6.31. The normalized spacial score (nSPS) is 19.2. The number of hydrogen-bond donors (Lipinski definition) is 1. The third-order valence-corrected chi connectivity index (χ3v) is 4.06. The Kier molecular flexibility index (Phi) is 3.83. The quantitative estimate of drug-likeness (QED) is 0.932. The van der Waals surface area contributed by atoms with Crippen molar-refractivity contribution in [1.29, 1.82) is 0 Å². The zero-order chi connectivity index (χ0) is 13.9. The fourth-order valence-electron chi connectivity index (χ4n) is 2.66. The van der Waals surface area contributed by atoms with Crippen LogP contribution in [-0.4, -0.2) is 23.2 Å². The first-order valence-corrected chi connectivity index (χ1v) is 7.31. The number of aryl methyl sites for hydroxylation is 2. The molecule has 1 saturated heterocycles. The first kappa shape index (κ1) is 13.3. The van der Waals surface area contributed by atoms with Crippen LogP contribution >= 0.6 is 0 Å². The Morgan fingerprint density at radius 3 is 2.95 bits per heavy atom. The van der Waals surface area contributed by atoms with Gasteiger partial charge in [-0.2, -0.15) is 4.98 Å². The number of rotatable bonds is 3. The minimum atomic E-state index is 0.379. The highest BCUT2D eigenvalue weighted by Gasteiger charge is 2.21. The number of benzene rings is 1. The predicted octanol–water partition coefficient (Wildman–Crippen LogP) is 2.74. The fraction of sp³-hybridized carbons (Fsp3) is 0.500. The molecule has 1 aromatic carbocycles. The van der Waals surface area contributed by atoms with Gasteiger partial charge in [0.2, 0.25) is 5.89 Å². The van der Waals surface area contributed by atoms with Crippen LogP contribution in [0, 0.1) is 13.8 Å². The lowest BCUT2D eigenvalue weighted by Gasteiger charge is -2.18. The predicted molar refractivity (Wildman–Crippen MR) is 77.9 cm³/mol. The molecule has 0 radical (unpaired) electrons. The first-order valence-electron chi connectivity index (χ1n) is 7.31. The second-order valence-electron chi connectivity index (χ2n) is 5.69. The number of aromatic nitrogens is 2. The van der Waals surface area contributed by atoms with E-state index in [4.69, 9.17) is 4.52 Å². The smallest absolute Gasteiger partial charge is 0.231 e. The highest BCUT2D eigenvalue weighted by molar-refractivity contribution is 5.31. The average molecular weight is 271 g/mol. The molecule has 0 bridgehead atoms. The molecule has 1 atom stereocenters. The van der Waals surface area contributed by atoms with Gasteiger partial charge in [-0.25, -0.2) is 0 Å². The van der Waals surface area contributed by atoms with Gasteiger partial charge in [-0.1, -0.05) is 23.4 Å². The van der Waals surface area contributed by atoms with Crippen LogP contribution in [0.3, 0.4) is 0 Å². The summed E-state index contributed by atoms with van der Waals surface area (Å²) in [5.74, 6) is 1.95. The van der Waals surface area contributed by atoms with E-state index in [2.05, 4.69) is 47.5 Å². The standard InChI is InChI=1S/C16H21N3O/c1-11-5-6-13(8-12(11)2)9-15-18-16(20-19-15)14-4-3-7-17-10-14/h5-6,8,14,17H,3-4,7,9-10H2,1-2H3/t14-/m1/s1. The zero-order valence-corrected chi connectivity index (χ0v) is 12.1. The molecule has 0 spiro atoms. The molecular formula is C16H21N3O. The topological polar surface area (TPSA) is 51.0 Å². The molecule has 1 N–H and O–H groups in total. The highest BCUT2D eigenvalue weighted by Crippen LogP contribution is 2.22. The Morgan fingerprint density at radius 1 is 1.30 bits per heavy atom. The Morgan fingerprint density at radius 2 is 2.20 bits per heavy atom. The van der Waals surface area contributed by atoms with E-state index >= 15 is 0 Å². The van der Waals surface area contributed by atoms with Gasteiger partial charge >= 0.3 is 0 Å². The van der Waals surface area contributed by atoms with Crippen molar-refractivity contribution in [2.45, 2.75) is 39.0 Å². The molecule has 1 aliphatic heterocycles. The van der Waals surface area contributed by atoms with Crippen molar-refractivity contribution >= 4 is 0 Å². The van der Waals surface area contributed by atoms with Crippen LogP contribution in [0.1, 0.15) is 47.2 Å². The van der Waals surface area contributed by atoms with Crippen molar-refractivity contribution in [2.24, 2.45) is 0 Å². The van der Waals surface area contributed by atoms with E-state index in [0.29, 0.717) is 5.92 Å². The van der Waals surface area contributed by atoms with Crippen LogP contribution in [0.2, 0.25) is 0 Å². The summed E-state index contributed by atoms with van der Waals surface area (Å²) in [6, 6.07) is 6.49. The molecule has 3 rings (SSSR count). The third-order valence-electron chi connectivity index (χ3n) is 4.06. The summed E-state index contributed by atoms with van der Waals surface area (Å²) in [5.41, 5.74) is 3.86. The Labute approximate surface area is 119 Å². The van der Waals surface area contributed by atoms with Crippen molar-refractivity contribution in [1.82, 2.24) is 15.5 Å². The maximum absolute atomic E-state index is 5.43. The molecule has 4 heteroatoms. The van der Waals surface area contributed by atoms with Gasteiger partial charge in [0.1, 0.15) is 0 Å². The molecule has 0 amide bonds. The monoisotopic (exact) mass is 271 g/mol. The molecule has 0 saturated carbocycles. The molecule has 1 aromatic heterocycles. The Hall–Kier alpha value is -1.68. The van der Waals surface area contributed by atoms with E-state index in [9.17, 15) is 0 Å². The van der Waals surface area contributed by atoms with Gasteiger partial charge in [0.25, 0.3) is 0 Å². The van der Waals surface area contributed by atoms with Gasteiger partial charge in [-0.3, -0.25) is 0 Å². The van der Waals surface area contributed by atoms with Crippen molar-refractivity contribution in [3.63, 3.8) is 0 Å². The summed E-state index contributed by atoms with van der Waals surface area (Å²) in [5, 5.41) is 7.50. The van der Waals surface area contributed by atoms with Crippen LogP contribution in [0.5, 0.6) is 0 Å². The van der Waals surface area contributed by atoms with Crippen molar-refractivity contribution in [3.05, 3.63) is 46.6 Å². The molecule has 4 nitrogen and oxygen atoms in total. The van der Waals surface area contributed by atoms with Crippen LogP contribution in [0.25, 0.3) is 0 Å². The van der Waals surface area contributed by atoms with E-state index in [-0.39, 0.29) is 0 Å².